The molecule has 0 amide bonds. The maximum Gasteiger partial charge on any atom is 0.0720 e. The van der Waals surface area contributed by atoms with Crippen LogP contribution in [0.1, 0.15) is 46.4 Å². The van der Waals surface area contributed by atoms with Gasteiger partial charge in [-0.1, -0.05) is 54.9 Å². The number of aryl methyl sites for hydroxylation is 1. The molecule has 206 valence electrons. The van der Waals surface area contributed by atoms with Crippen LogP contribution in [-0.4, -0.2) is 30.3 Å². The standard InChI is InChI=1S/C35H34ClN5/c1-4-32-30(21-24-8-13-28(14-9-24)39-20-6-18-37)35(36)31-22-26(12-17-33(31)40-32)34(27-7-5-19-38-23-27)25-10-15-29(16-11-25)41(2)3/h5-20,22-23,34H,4,21,37H2,1-3H3. The largest absolute Gasteiger partial charge is 0.405 e. The molecular formula is C35H34ClN5. The zero-order chi connectivity index (χ0) is 28.8. The third-order valence-corrected chi connectivity index (χ3v) is 7.72. The van der Waals surface area contributed by atoms with Crippen LogP contribution in [0.25, 0.3) is 10.9 Å². The number of pyridine rings is 2. The van der Waals surface area contributed by atoms with Crippen molar-refractivity contribution in [1.29, 1.82) is 0 Å². The van der Waals surface area contributed by atoms with E-state index >= 15 is 0 Å². The SMILES string of the molecule is CCc1nc2ccc(C(c3ccc(N(C)C)cc3)c3cccnc3)cc2c(Cl)c1Cc1ccc(N=CC=CN)cc1. The molecule has 0 saturated heterocycles. The lowest BCUT2D eigenvalue weighted by atomic mass is 9.85. The molecule has 0 aliphatic heterocycles. The summed E-state index contributed by atoms with van der Waals surface area (Å²) in [6.45, 7) is 2.13. The van der Waals surface area contributed by atoms with E-state index in [9.17, 15) is 0 Å². The Balaban J connectivity index is 1.56. The molecule has 2 heterocycles. The number of aromatic nitrogens is 2. The number of hydrogen-bond acceptors (Lipinski definition) is 5. The molecule has 2 aromatic heterocycles. The van der Waals surface area contributed by atoms with Crippen molar-refractivity contribution in [2.75, 3.05) is 19.0 Å². The number of nitrogens with two attached hydrogens (primary N) is 1. The Kier molecular flexibility index (Phi) is 8.76. The third kappa shape index (κ3) is 6.31. The van der Waals surface area contributed by atoms with Crippen LogP contribution in [0.15, 0.2) is 109 Å². The molecule has 6 heteroatoms. The molecule has 5 aromatic rings. The van der Waals surface area contributed by atoms with Gasteiger partial charge >= 0.3 is 0 Å². The summed E-state index contributed by atoms with van der Waals surface area (Å²) in [5.41, 5.74) is 15.0. The number of fused-ring (bicyclic) bond motifs is 1. The number of rotatable bonds is 9. The first-order valence-corrected chi connectivity index (χ1v) is 14.1. The Bertz CT molecular complexity index is 1680. The highest BCUT2D eigenvalue weighted by Crippen LogP contribution is 2.37. The lowest BCUT2D eigenvalue weighted by molar-refractivity contribution is 0.961. The van der Waals surface area contributed by atoms with E-state index in [-0.39, 0.29) is 5.92 Å². The maximum absolute atomic E-state index is 7.21. The molecule has 0 saturated carbocycles. The lowest BCUT2D eigenvalue weighted by Crippen LogP contribution is -2.09. The molecule has 5 rings (SSSR count). The Hall–Kier alpha value is -4.48. The second-order valence-corrected chi connectivity index (χ2v) is 10.6. The smallest absolute Gasteiger partial charge is 0.0720 e. The molecule has 0 aliphatic carbocycles. The van der Waals surface area contributed by atoms with Gasteiger partial charge in [-0.25, -0.2) is 0 Å². The van der Waals surface area contributed by atoms with Gasteiger partial charge in [-0.05, 0) is 89.0 Å². The lowest BCUT2D eigenvalue weighted by Gasteiger charge is -2.21. The molecule has 1 atom stereocenters. The van der Waals surface area contributed by atoms with Crippen LogP contribution in [0, 0.1) is 0 Å². The quantitative estimate of drug-likeness (QED) is 0.187. The van der Waals surface area contributed by atoms with Gasteiger partial charge in [-0.15, -0.1) is 0 Å². The minimum atomic E-state index is 0.0110. The number of halogens is 1. The first-order chi connectivity index (χ1) is 20.0. The number of nitrogens with zero attached hydrogens (tertiary/aromatic N) is 4. The summed E-state index contributed by atoms with van der Waals surface area (Å²) in [6, 6.07) is 27.5. The van der Waals surface area contributed by atoms with Crippen LogP contribution in [0.3, 0.4) is 0 Å². The molecule has 0 spiro atoms. The minimum Gasteiger partial charge on any atom is -0.405 e. The molecule has 1 unspecified atom stereocenters. The third-order valence-electron chi connectivity index (χ3n) is 7.29. The topological polar surface area (TPSA) is 67.4 Å². The molecule has 3 aromatic carbocycles. The van der Waals surface area contributed by atoms with Gasteiger partial charge < -0.3 is 10.6 Å². The maximum atomic E-state index is 7.21. The zero-order valence-corrected chi connectivity index (χ0v) is 24.4. The van der Waals surface area contributed by atoms with Crippen LogP contribution >= 0.6 is 11.6 Å². The Labute approximate surface area is 247 Å². The highest BCUT2D eigenvalue weighted by molar-refractivity contribution is 6.36. The molecule has 41 heavy (non-hydrogen) atoms. The van der Waals surface area contributed by atoms with E-state index in [4.69, 9.17) is 22.3 Å². The van der Waals surface area contributed by atoms with Crippen molar-refractivity contribution in [3.63, 3.8) is 0 Å². The van der Waals surface area contributed by atoms with Gasteiger partial charge in [-0.3, -0.25) is 15.0 Å². The highest BCUT2D eigenvalue weighted by Gasteiger charge is 2.20. The number of hydrogen-bond donors (Lipinski definition) is 1. The van der Waals surface area contributed by atoms with Crippen LogP contribution in [0.5, 0.6) is 0 Å². The van der Waals surface area contributed by atoms with Crippen LogP contribution < -0.4 is 10.6 Å². The highest BCUT2D eigenvalue weighted by atomic mass is 35.5. The van der Waals surface area contributed by atoms with Crippen LogP contribution in [0.2, 0.25) is 5.02 Å². The van der Waals surface area contributed by atoms with E-state index in [1.54, 1.807) is 12.3 Å². The Morgan fingerprint density at radius 2 is 1.71 bits per heavy atom. The van der Waals surface area contributed by atoms with Gasteiger partial charge in [0.25, 0.3) is 0 Å². The summed E-state index contributed by atoms with van der Waals surface area (Å²) in [7, 11) is 4.11. The summed E-state index contributed by atoms with van der Waals surface area (Å²) >= 11 is 7.21. The summed E-state index contributed by atoms with van der Waals surface area (Å²) in [4.78, 5) is 16.0. The van der Waals surface area contributed by atoms with E-state index < -0.39 is 0 Å². The molecular weight excluding hydrogens is 526 g/mol. The fourth-order valence-corrected chi connectivity index (χ4v) is 5.48. The average Bonchev–Trinajstić information content (AvgIpc) is 3.00. The van der Waals surface area contributed by atoms with Gasteiger partial charge in [0.15, 0.2) is 0 Å². The second kappa shape index (κ2) is 12.8. The zero-order valence-electron chi connectivity index (χ0n) is 23.6. The van der Waals surface area contributed by atoms with E-state index in [1.807, 2.05) is 30.6 Å². The summed E-state index contributed by atoms with van der Waals surface area (Å²) in [5, 5.41) is 1.72. The fraction of sp³-hybridized carbons (Fsp3) is 0.171. The van der Waals surface area contributed by atoms with Gasteiger partial charge in [-0.2, -0.15) is 0 Å². The van der Waals surface area contributed by atoms with Gasteiger partial charge in [0, 0.05) is 61.8 Å². The van der Waals surface area contributed by atoms with Crippen LogP contribution in [-0.2, 0) is 12.8 Å². The first kappa shape index (κ1) is 28.1. The van der Waals surface area contributed by atoms with Gasteiger partial charge in [0.05, 0.1) is 16.2 Å². The molecule has 0 bridgehead atoms. The van der Waals surface area contributed by atoms with Crippen molar-refractivity contribution in [1.82, 2.24) is 9.97 Å². The van der Waals surface area contributed by atoms with Crippen molar-refractivity contribution in [2.45, 2.75) is 25.7 Å². The molecule has 0 aliphatic rings. The van der Waals surface area contributed by atoms with E-state index in [0.717, 1.165) is 61.7 Å². The Morgan fingerprint density at radius 1 is 0.951 bits per heavy atom. The minimum absolute atomic E-state index is 0.0110. The van der Waals surface area contributed by atoms with Crippen molar-refractivity contribution < 1.29 is 0 Å². The molecule has 5 nitrogen and oxygen atoms in total. The van der Waals surface area contributed by atoms with Crippen molar-refractivity contribution in [3.05, 3.63) is 142 Å². The summed E-state index contributed by atoms with van der Waals surface area (Å²) in [6.07, 6.45) is 10.1. The number of anilines is 1. The summed E-state index contributed by atoms with van der Waals surface area (Å²) < 4.78 is 0. The predicted molar refractivity (Wildman–Crippen MR) is 173 cm³/mol. The van der Waals surface area contributed by atoms with Gasteiger partial charge in [0.2, 0.25) is 0 Å². The second-order valence-electron chi connectivity index (χ2n) is 10.2. The molecule has 2 N–H and O–H groups in total. The number of benzene rings is 3. The van der Waals surface area contributed by atoms with E-state index in [2.05, 4.69) is 96.6 Å². The van der Waals surface area contributed by atoms with Crippen molar-refractivity contribution in [2.24, 2.45) is 10.7 Å². The van der Waals surface area contributed by atoms with E-state index in [1.165, 1.54) is 11.8 Å². The monoisotopic (exact) mass is 559 g/mol. The molecule has 0 fully saturated rings. The van der Waals surface area contributed by atoms with Crippen molar-refractivity contribution >= 4 is 40.1 Å². The summed E-state index contributed by atoms with van der Waals surface area (Å²) in [5.74, 6) is 0.0110. The number of aliphatic imine (C=N–C) groups is 1. The van der Waals surface area contributed by atoms with E-state index in [0.29, 0.717) is 6.42 Å². The fourth-order valence-electron chi connectivity index (χ4n) is 5.15. The van der Waals surface area contributed by atoms with Crippen molar-refractivity contribution in [3.8, 4) is 0 Å². The van der Waals surface area contributed by atoms with Crippen LogP contribution in [0.4, 0.5) is 11.4 Å². The van der Waals surface area contributed by atoms with Gasteiger partial charge in [0.1, 0.15) is 0 Å². The Morgan fingerprint density at radius 3 is 2.37 bits per heavy atom. The number of allylic oxidation sites excluding steroid dienone is 1. The molecule has 0 radical (unpaired) electrons. The average molecular weight is 560 g/mol. The first-order valence-electron chi connectivity index (χ1n) is 13.8. The normalized spacial score (nSPS) is 12.4. The predicted octanol–water partition coefficient (Wildman–Crippen LogP) is 7.86.